The van der Waals surface area contributed by atoms with E-state index in [1.54, 1.807) is 0 Å². The highest BCUT2D eigenvalue weighted by Gasteiger charge is 2.16. The van der Waals surface area contributed by atoms with Gasteiger partial charge in [-0.1, -0.05) is 15.9 Å². The monoisotopic (exact) mass is 251 g/mol. The van der Waals surface area contributed by atoms with Crippen molar-refractivity contribution >= 4 is 15.9 Å². The largest absolute Gasteiger partial charge is 0.506 e. The van der Waals surface area contributed by atoms with Crippen LogP contribution in [0, 0.1) is 6.92 Å². The van der Waals surface area contributed by atoms with Gasteiger partial charge in [0.2, 0.25) is 0 Å². The Morgan fingerprint density at radius 2 is 2.23 bits per heavy atom. The average Bonchev–Trinajstić information content (AvgIpc) is 2.09. The minimum atomic E-state index is -2.67. The number of hydrogen-bond acceptors (Lipinski definition) is 2. The number of aromatic nitrogens is 1. The first-order chi connectivity index (χ1) is 6.06. The fourth-order valence-electron chi connectivity index (χ4n) is 0.992. The van der Waals surface area contributed by atoms with Crippen LogP contribution in [0.4, 0.5) is 8.78 Å². The van der Waals surface area contributed by atoms with Gasteiger partial charge < -0.3 is 5.11 Å². The van der Waals surface area contributed by atoms with Crippen LogP contribution in [-0.2, 0) is 5.33 Å². The molecule has 1 aromatic rings. The summed E-state index contributed by atoms with van der Waals surface area (Å²) in [5, 5.41) is 9.63. The van der Waals surface area contributed by atoms with Crippen molar-refractivity contribution in [3.05, 3.63) is 23.0 Å². The third-order valence-electron chi connectivity index (χ3n) is 1.62. The molecule has 0 radical (unpaired) electrons. The fraction of sp³-hybridized carbons (Fsp3) is 0.375. The Bertz CT molecular complexity index is 317. The molecule has 0 aliphatic rings. The SMILES string of the molecule is Cc1nc(CBr)cc(C(F)F)c1O. The van der Waals surface area contributed by atoms with E-state index in [-0.39, 0.29) is 11.3 Å². The molecule has 0 unspecified atom stereocenters. The lowest BCUT2D eigenvalue weighted by Gasteiger charge is -2.07. The Hall–Kier alpha value is -0.710. The Kier molecular flexibility index (Phi) is 3.19. The third kappa shape index (κ3) is 2.15. The number of nitrogens with zero attached hydrogens (tertiary/aromatic N) is 1. The molecule has 1 rings (SSSR count). The number of aryl methyl sites for hydroxylation is 1. The molecule has 0 saturated carbocycles. The molecule has 1 aromatic heterocycles. The molecule has 0 spiro atoms. The highest BCUT2D eigenvalue weighted by molar-refractivity contribution is 9.08. The second-order valence-corrected chi connectivity index (χ2v) is 3.13. The van der Waals surface area contributed by atoms with Crippen molar-refractivity contribution in [1.82, 2.24) is 4.98 Å². The van der Waals surface area contributed by atoms with Gasteiger partial charge in [0.1, 0.15) is 5.75 Å². The van der Waals surface area contributed by atoms with E-state index in [4.69, 9.17) is 0 Å². The summed E-state index contributed by atoms with van der Waals surface area (Å²) < 4.78 is 24.6. The summed E-state index contributed by atoms with van der Waals surface area (Å²) in [4.78, 5) is 3.90. The number of halogens is 3. The topological polar surface area (TPSA) is 33.1 Å². The molecule has 13 heavy (non-hydrogen) atoms. The summed E-state index contributed by atoms with van der Waals surface area (Å²) in [7, 11) is 0. The molecule has 1 heterocycles. The molecular weight excluding hydrogens is 244 g/mol. The highest BCUT2D eigenvalue weighted by atomic mass is 79.9. The molecule has 0 aromatic carbocycles. The molecule has 0 aliphatic heterocycles. The van der Waals surface area contributed by atoms with Crippen LogP contribution in [0.5, 0.6) is 5.75 Å². The zero-order chi connectivity index (χ0) is 10.0. The van der Waals surface area contributed by atoms with Crippen molar-refractivity contribution in [3.63, 3.8) is 0 Å². The zero-order valence-electron chi connectivity index (χ0n) is 6.89. The molecule has 72 valence electrons. The van der Waals surface area contributed by atoms with E-state index in [9.17, 15) is 13.9 Å². The van der Waals surface area contributed by atoms with Gasteiger partial charge in [0, 0.05) is 5.33 Å². The van der Waals surface area contributed by atoms with Crippen LogP contribution in [0.3, 0.4) is 0 Å². The average molecular weight is 252 g/mol. The van der Waals surface area contributed by atoms with Gasteiger partial charge in [-0.2, -0.15) is 0 Å². The van der Waals surface area contributed by atoms with E-state index >= 15 is 0 Å². The highest BCUT2D eigenvalue weighted by Crippen LogP contribution is 2.30. The lowest BCUT2D eigenvalue weighted by atomic mass is 10.2. The maximum atomic E-state index is 12.3. The fourth-order valence-corrected chi connectivity index (χ4v) is 1.28. The van der Waals surface area contributed by atoms with Gasteiger partial charge in [-0.15, -0.1) is 0 Å². The minimum absolute atomic E-state index is 0.229. The van der Waals surface area contributed by atoms with Crippen LogP contribution in [-0.4, -0.2) is 10.1 Å². The van der Waals surface area contributed by atoms with Crippen LogP contribution < -0.4 is 0 Å². The molecule has 5 heteroatoms. The van der Waals surface area contributed by atoms with E-state index in [2.05, 4.69) is 20.9 Å². The predicted octanol–water partition coefficient (Wildman–Crippen LogP) is 2.93. The first-order valence-corrected chi connectivity index (χ1v) is 4.72. The summed E-state index contributed by atoms with van der Waals surface area (Å²) in [5.41, 5.74) is 0.361. The van der Waals surface area contributed by atoms with Crippen LogP contribution in [0.15, 0.2) is 6.07 Å². The third-order valence-corrected chi connectivity index (χ3v) is 2.20. The van der Waals surface area contributed by atoms with E-state index in [1.807, 2.05) is 0 Å². The van der Waals surface area contributed by atoms with Gasteiger partial charge >= 0.3 is 0 Å². The number of aromatic hydroxyl groups is 1. The van der Waals surface area contributed by atoms with Crippen molar-refractivity contribution < 1.29 is 13.9 Å². The molecule has 0 bridgehead atoms. The second kappa shape index (κ2) is 4.00. The van der Waals surface area contributed by atoms with Gasteiger partial charge in [0.25, 0.3) is 6.43 Å². The Morgan fingerprint density at radius 3 is 2.69 bits per heavy atom. The van der Waals surface area contributed by atoms with Gasteiger partial charge in [0.05, 0.1) is 17.0 Å². The maximum Gasteiger partial charge on any atom is 0.267 e. The second-order valence-electron chi connectivity index (χ2n) is 2.57. The normalized spacial score (nSPS) is 10.8. The minimum Gasteiger partial charge on any atom is -0.506 e. The summed E-state index contributed by atoms with van der Waals surface area (Å²) in [5.74, 6) is -0.417. The van der Waals surface area contributed by atoms with Crippen molar-refractivity contribution in [1.29, 1.82) is 0 Å². The van der Waals surface area contributed by atoms with Crippen molar-refractivity contribution in [3.8, 4) is 5.75 Å². The van der Waals surface area contributed by atoms with Gasteiger partial charge in [-0.3, -0.25) is 4.98 Å². The van der Waals surface area contributed by atoms with Crippen LogP contribution in [0.1, 0.15) is 23.4 Å². The smallest absolute Gasteiger partial charge is 0.267 e. The lowest BCUT2D eigenvalue weighted by Crippen LogP contribution is -1.95. The molecule has 0 fully saturated rings. The van der Waals surface area contributed by atoms with Gasteiger partial charge in [0.15, 0.2) is 0 Å². The number of hydrogen-bond donors (Lipinski definition) is 1. The van der Waals surface area contributed by atoms with Gasteiger partial charge in [-0.05, 0) is 13.0 Å². The summed E-state index contributed by atoms with van der Waals surface area (Å²) in [6.07, 6.45) is -2.67. The van der Waals surface area contributed by atoms with Crippen LogP contribution >= 0.6 is 15.9 Å². The summed E-state index contributed by atoms with van der Waals surface area (Å²) in [6.45, 7) is 1.49. The van der Waals surface area contributed by atoms with Crippen molar-refractivity contribution in [2.24, 2.45) is 0 Å². The first-order valence-electron chi connectivity index (χ1n) is 3.59. The molecule has 0 amide bonds. The van der Waals surface area contributed by atoms with Crippen molar-refractivity contribution in [2.75, 3.05) is 0 Å². The van der Waals surface area contributed by atoms with Crippen LogP contribution in [0.2, 0.25) is 0 Å². The number of pyridine rings is 1. The van der Waals surface area contributed by atoms with Crippen molar-refractivity contribution in [2.45, 2.75) is 18.7 Å². The Morgan fingerprint density at radius 1 is 1.62 bits per heavy atom. The molecule has 1 N–H and O–H groups in total. The molecular formula is C8H8BrF2NO. The van der Waals surface area contributed by atoms with E-state index in [0.29, 0.717) is 11.0 Å². The standard InChI is InChI=1S/C8H8BrF2NO/c1-4-7(13)6(8(10)11)2-5(3-9)12-4/h2,8,13H,3H2,1H3. The molecule has 0 aliphatic carbocycles. The molecule has 2 nitrogen and oxygen atoms in total. The number of rotatable bonds is 2. The van der Waals surface area contributed by atoms with Crippen LogP contribution in [0.25, 0.3) is 0 Å². The zero-order valence-corrected chi connectivity index (χ0v) is 8.48. The number of alkyl halides is 3. The van der Waals surface area contributed by atoms with Gasteiger partial charge in [-0.25, -0.2) is 8.78 Å². The van der Waals surface area contributed by atoms with E-state index in [0.717, 1.165) is 0 Å². The summed E-state index contributed by atoms with van der Waals surface area (Å²) >= 11 is 3.11. The maximum absolute atomic E-state index is 12.3. The summed E-state index contributed by atoms with van der Waals surface area (Å²) in [6, 6.07) is 1.20. The first kappa shape index (κ1) is 10.4. The van der Waals surface area contributed by atoms with E-state index < -0.39 is 12.2 Å². The lowest BCUT2D eigenvalue weighted by molar-refractivity contribution is 0.147. The Balaban J connectivity index is 3.25. The predicted molar refractivity (Wildman–Crippen MR) is 48.2 cm³/mol. The molecule has 0 atom stereocenters. The molecule has 0 saturated heterocycles. The Labute approximate surface area is 82.7 Å². The quantitative estimate of drug-likeness (QED) is 0.821. The van der Waals surface area contributed by atoms with E-state index in [1.165, 1.54) is 13.0 Å².